The summed E-state index contributed by atoms with van der Waals surface area (Å²) in [7, 11) is 0. The number of hydrogen-bond donors (Lipinski definition) is 3. The third kappa shape index (κ3) is 2.51. The zero-order chi connectivity index (χ0) is 13.0. The molecule has 5 heteroatoms. The minimum Gasteiger partial charge on any atom is -0.391 e. The van der Waals surface area contributed by atoms with Crippen molar-refractivity contribution in [2.45, 2.75) is 19.4 Å². The highest BCUT2D eigenvalue weighted by atomic mass is 16.1. The molecule has 0 saturated carbocycles. The molecule has 1 aromatic heterocycles. The number of aromatic amines is 1. The predicted octanol–water partition coefficient (Wildman–Crippen LogP) is 1.92. The van der Waals surface area contributed by atoms with Gasteiger partial charge in [-0.2, -0.15) is 0 Å². The molecule has 18 heavy (non-hydrogen) atoms. The maximum atomic E-state index is 11.4. The molecule has 1 atom stereocenters. The molecule has 1 aromatic carbocycles. The molecule has 0 fully saturated rings. The molecule has 1 unspecified atom stereocenters. The number of benzene rings is 1. The molecular formula is C13H16N4O. The zero-order valence-electron chi connectivity index (χ0n) is 10.2. The fourth-order valence-corrected chi connectivity index (χ4v) is 1.80. The number of nitrogens with one attached hydrogen (secondary N) is 2. The highest BCUT2D eigenvalue weighted by molar-refractivity contribution is 5.59. The van der Waals surface area contributed by atoms with Gasteiger partial charge in [-0.15, -0.1) is 0 Å². The van der Waals surface area contributed by atoms with Crippen LogP contribution in [0.4, 0.5) is 11.5 Å². The van der Waals surface area contributed by atoms with E-state index in [2.05, 4.69) is 22.2 Å². The molecule has 2 rings (SSSR count). The first kappa shape index (κ1) is 12.2. The van der Waals surface area contributed by atoms with Crippen molar-refractivity contribution in [1.29, 1.82) is 0 Å². The smallest absolute Gasteiger partial charge is 0.276 e. The summed E-state index contributed by atoms with van der Waals surface area (Å²) in [5.74, 6) is 0.425. The number of H-pyrrole nitrogens is 1. The highest BCUT2D eigenvalue weighted by Gasteiger charge is 2.12. The monoisotopic (exact) mass is 244 g/mol. The number of rotatable bonds is 4. The topological polar surface area (TPSA) is 83.8 Å². The Balaban J connectivity index is 2.26. The molecular weight excluding hydrogens is 228 g/mol. The van der Waals surface area contributed by atoms with E-state index in [9.17, 15) is 4.79 Å². The SMILES string of the molecule is CCC(Nc1nc[nH]c(=O)c1N)c1ccccc1. The molecule has 0 spiro atoms. The van der Waals surface area contributed by atoms with Gasteiger partial charge < -0.3 is 16.0 Å². The van der Waals surface area contributed by atoms with E-state index in [4.69, 9.17) is 5.73 Å². The molecule has 1 heterocycles. The Hall–Kier alpha value is -2.30. The van der Waals surface area contributed by atoms with Crippen LogP contribution in [-0.4, -0.2) is 9.97 Å². The summed E-state index contributed by atoms with van der Waals surface area (Å²) in [5.41, 5.74) is 6.63. The van der Waals surface area contributed by atoms with Gasteiger partial charge in [0.1, 0.15) is 5.69 Å². The largest absolute Gasteiger partial charge is 0.391 e. The molecule has 0 bridgehead atoms. The quantitative estimate of drug-likeness (QED) is 0.767. The number of nitrogens with zero attached hydrogens (tertiary/aromatic N) is 1. The fourth-order valence-electron chi connectivity index (χ4n) is 1.80. The first-order valence-electron chi connectivity index (χ1n) is 5.87. The van der Waals surface area contributed by atoms with Crippen LogP contribution in [0.15, 0.2) is 41.5 Å². The average Bonchev–Trinajstić information content (AvgIpc) is 2.41. The Labute approximate surface area is 105 Å². The van der Waals surface area contributed by atoms with Crippen molar-refractivity contribution < 1.29 is 0 Å². The lowest BCUT2D eigenvalue weighted by Crippen LogP contribution is -2.18. The van der Waals surface area contributed by atoms with Crippen molar-refractivity contribution in [1.82, 2.24) is 9.97 Å². The molecule has 0 amide bonds. The van der Waals surface area contributed by atoms with E-state index in [1.165, 1.54) is 6.33 Å². The van der Waals surface area contributed by atoms with E-state index in [1.807, 2.05) is 30.3 Å². The molecule has 4 N–H and O–H groups in total. The summed E-state index contributed by atoms with van der Waals surface area (Å²) in [4.78, 5) is 17.9. The molecule has 0 aliphatic rings. The number of nitrogens with two attached hydrogens (primary N) is 1. The van der Waals surface area contributed by atoms with Crippen LogP contribution in [0, 0.1) is 0 Å². The number of nitrogen functional groups attached to an aromatic ring is 1. The molecule has 0 aliphatic carbocycles. The van der Waals surface area contributed by atoms with Crippen LogP contribution < -0.4 is 16.6 Å². The Morgan fingerprint density at radius 2 is 2.11 bits per heavy atom. The van der Waals surface area contributed by atoms with Gasteiger partial charge in [0, 0.05) is 0 Å². The van der Waals surface area contributed by atoms with Gasteiger partial charge in [-0.3, -0.25) is 4.79 Å². The van der Waals surface area contributed by atoms with Crippen molar-refractivity contribution in [3.63, 3.8) is 0 Å². The van der Waals surface area contributed by atoms with Gasteiger partial charge in [0.15, 0.2) is 5.82 Å². The Morgan fingerprint density at radius 1 is 1.39 bits per heavy atom. The van der Waals surface area contributed by atoms with Crippen LogP contribution in [0.3, 0.4) is 0 Å². The normalized spacial score (nSPS) is 12.1. The van der Waals surface area contributed by atoms with Crippen LogP contribution in [0.5, 0.6) is 0 Å². The van der Waals surface area contributed by atoms with Gasteiger partial charge in [-0.05, 0) is 12.0 Å². The number of hydrogen-bond acceptors (Lipinski definition) is 4. The van der Waals surface area contributed by atoms with Crippen molar-refractivity contribution in [2.24, 2.45) is 0 Å². The van der Waals surface area contributed by atoms with Crippen molar-refractivity contribution in [2.75, 3.05) is 11.1 Å². The van der Waals surface area contributed by atoms with Crippen LogP contribution in [-0.2, 0) is 0 Å². The van der Waals surface area contributed by atoms with Gasteiger partial charge >= 0.3 is 0 Å². The van der Waals surface area contributed by atoms with E-state index >= 15 is 0 Å². The predicted molar refractivity (Wildman–Crippen MR) is 72.4 cm³/mol. The van der Waals surface area contributed by atoms with Crippen LogP contribution in [0.25, 0.3) is 0 Å². The van der Waals surface area contributed by atoms with Crippen molar-refractivity contribution >= 4 is 11.5 Å². The van der Waals surface area contributed by atoms with Gasteiger partial charge in [0.25, 0.3) is 5.56 Å². The lowest BCUT2D eigenvalue weighted by Gasteiger charge is -2.18. The Bertz CT molecular complexity index is 565. The maximum absolute atomic E-state index is 11.4. The maximum Gasteiger partial charge on any atom is 0.276 e. The fraction of sp³-hybridized carbons (Fsp3) is 0.231. The van der Waals surface area contributed by atoms with Crippen molar-refractivity contribution in [3.05, 3.63) is 52.6 Å². The first-order chi connectivity index (χ1) is 8.72. The van der Waals surface area contributed by atoms with E-state index < -0.39 is 0 Å². The second-order valence-electron chi connectivity index (χ2n) is 4.01. The highest BCUT2D eigenvalue weighted by Crippen LogP contribution is 2.22. The van der Waals surface area contributed by atoms with Gasteiger partial charge in [-0.25, -0.2) is 4.98 Å². The van der Waals surface area contributed by atoms with E-state index in [0.717, 1.165) is 12.0 Å². The van der Waals surface area contributed by atoms with Crippen molar-refractivity contribution in [3.8, 4) is 0 Å². The summed E-state index contributed by atoms with van der Waals surface area (Å²) < 4.78 is 0. The van der Waals surface area contributed by atoms with E-state index in [0.29, 0.717) is 5.82 Å². The molecule has 0 saturated heterocycles. The molecule has 5 nitrogen and oxygen atoms in total. The van der Waals surface area contributed by atoms with E-state index in [-0.39, 0.29) is 17.3 Å². The van der Waals surface area contributed by atoms with Crippen LogP contribution >= 0.6 is 0 Å². The summed E-state index contributed by atoms with van der Waals surface area (Å²) in [6, 6.07) is 10.1. The molecule has 2 aromatic rings. The minimum atomic E-state index is -0.324. The molecule has 0 radical (unpaired) electrons. The van der Waals surface area contributed by atoms with Crippen LogP contribution in [0.1, 0.15) is 24.9 Å². The average molecular weight is 244 g/mol. The Kier molecular flexibility index (Phi) is 3.62. The second kappa shape index (κ2) is 5.35. The van der Waals surface area contributed by atoms with E-state index in [1.54, 1.807) is 0 Å². The molecule has 0 aliphatic heterocycles. The van der Waals surface area contributed by atoms with Gasteiger partial charge in [0.2, 0.25) is 0 Å². The lowest BCUT2D eigenvalue weighted by atomic mass is 10.0. The lowest BCUT2D eigenvalue weighted by molar-refractivity contribution is 0.744. The third-order valence-corrected chi connectivity index (χ3v) is 2.81. The number of aromatic nitrogens is 2. The molecule has 94 valence electrons. The summed E-state index contributed by atoms with van der Waals surface area (Å²) >= 11 is 0. The van der Waals surface area contributed by atoms with Gasteiger partial charge in [0.05, 0.1) is 12.4 Å². The standard InChI is InChI=1S/C13H16N4O/c1-2-10(9-6-4-3-5-7-9)17-12-11(14)13(18)16-8-15-12/h3-8,10H,2,14H2,1H3,(H2,15,16,17,18). The first-order valence-corrected chi connectivity index (χ1v) is 5.87. The third-order valence-electron chi connectivity index (χ3n) is 2.81. The second-order valence-corrected chi connectivity index (χ2v) is 4.01. The van der Waals surface area contributed by atoms with Crippen LogP contribution in [0.2, 0.25) is 0 Å². The summed E-state index contributed by atoms with van der Waals surface area (Å²) in [6.07, 6.45) is 2.22. The summed E-state index contributed by atoms with van der Waals surface area (Å²) in [6.45, 7) is 2.06. The Morgan fingerprint density at radius 3 is 2.78 bits per heavy atom. The number of anilines is 2. The van der Waals surface area contributed by atoms with Gasteiger partial charge in [-0.1, -0.05) is 37.3 Å². The summed E-state index contributed by atoms with van der Waals surface area (Å²) in [5, 5.41) is 3.20. The minimum absolute atomic E-state index is 0.0859. The zero-order valence-corrected chi connectivity index (χ0v) is 10.2.